The lowest BCUT2D eigenvalue weighted by Crippen LogP contribution is -2.59. The Morgan fingerprint density at radius 3 is 2.42 bits per heavy atom. The number of hydrogen-bond acceptors (Lipinski definition) is 3. The zero-order valence-corrected chi connectivity index (χ0v) is 13.2. The maximum atomic E-state index is 6.24. The van der Waals surface area contributed by atoms with Gasteiger partial charge < -0.3 is 10.6 Å². The van der Waals surface area contributed by atoms with Crippen LogP contribution < -0.4 is 5.73 Å². The molecule has 3 heteroatoms. The van der Waals surface area contributed by atoms with Gasteiger partial charge in [-0.1, -0.05) is 26.7 Å². The van der Waals surface area contributed by atoms with E-state index in [9.17, 15) is 0 Å². The first kappa shape index (κ1) is 15.3. The van der Waals surface area contributed by atoms with E-state index in [2.05, 4.69) is 30.7 Å². The van der Waals surface area contributed by atoms with Gasteiger partial charge in [-0.15, -0.1) is 0 Å². The molecule has 2 rings (SSSR count). The second kappa shape index (κ2) is 6.55. The van der Waals surface area contributed by atoms with E-state index in [1.807, 2.05) is 0 Å². The van der Waals surface area contributed by atoms with Crippen molar-refractivity contribution in [3.05, 3.63) is 0 Å². The first-order chi connectivity index (χ1) is 9.17. The van der Waals surface area contributed by atoms with Gasteiger partial charge >= 0.3 is 0 Å². The van der Waals surface area contributed by atoms with Crippen LogP contribution in [0.5, 0.6) is 0 Å². The zero-order valence-electron chi connectivity index (χ0n) is 13.2. The van der Waals surface area contributed by atoms with E-state index in [1.165, 1.54) is 58.2 Å². The molecule has 1 saturated heterocycles. The lowest BCUT2D eigenvalue weighted by Gasteiger charge is -2.49. The van der Waals surface area contributed by atoms with Gasteiger partial charge in [0.2, 0.25) is 0 Å². The third-order valence-corrected chi connectivity index (χ3v) is 6.02. The molecule has 1 heterocycles. The van der Waals surface area contributed by atoms with Crippen LogP contribution in [-0.4, -0.2) is 54.6 Å². The summed E-state index contributed by atoms with van der Waals surface area (Å²) in [6.07, 6.45) is 7.99. The normalized spacial score (nSPS) is 34.3. The summed E-state index contributed by atoms with van der Waals surface area (Å²) in [5.41, 5.74) is 6.54. The minimum atomic E-state index is 0.299. The molecule has 2 unspecified atom stereocenters. The maximum absolute atomic E-state index is 6.24. The Hall–Kier alpha value is -0.120. The molecular formula is C16H33N3. The van der Waals surface area contributed by atoms with Crippen LogP contribution in [0.25, 0.3) is 0 Å². The fourth-order valence-corrected chi connectivity index (χ4v) is 4.57. The van der Waals surface area contributed by atoms with Crippen LogP contribution in [0.15, 0.2) is 0 Å². The number of nitrogens with two attached hydrogens (primary N) is 1. The molecule has 1 aliphatic carbocycles. The Morgan fingerprint density at radius 2 is 1.89 bits per heavy atom. The van der Waals surface area contributed by atoms with Gasteiger partial charge in [-0.3, -0.25) is 4.90 Å². The van der Waals surface area contributed by atoms with Crippen molar-refractivity contribution in [2.45, 2.75) is 64.0 Å². The monoisotopic (exact) mass is 267 g/mol. The smallest absolute Gasteiger partial charge is 0.0359 e. The molecule has 0 radical (unpaired) electrons. The highest BCUT2D eigenvalue weighted by atomic mass is 15.2. The van der Waals surface area contributed by atoms with Gasteiger partial charge in [-0.25, -0.2) is 0 Å². The summed E-state index contributed by atoms with van der Waals surface area (Å²) in [6.45, 7) is 9.20. The quantitative estimate of drug-likeness (QED) is 0.829. The first-order valence-corrected chi connectivity index (χ1v) is 8.33. The van der Waals surface area contributed by atoms with Crippen molar-refractivity contribution in [1.82, 2.24) is 9.80 Å². The summed E-state index contributed by atoms with van der Waals surface area (Å²) in [4.78, 5) is 5.27. The van der Waals surface area contributed by atoms with Crippen LogP contribution in [0, 0.1) is 5.92 Å². The van der Waals surface area contributed by atoms with Crippen molar-refractivity contribution in [2.24, 2.45) is 11.7 Å². The fraction of sp³-hybridized carbons (Fsp3) is 1.00. The largest absolute Gasteiger partial charge is 0.329 e. The van der Waals surface area contributed by atoms with Crippen molar-refractivity contribution in [2.75, 3.05) is 33.2 Å². The molecule has 0 spiro atoms. The van der Waals surface area contributed by atoms with Gasteiger partial charge in [-0.2, -0.15) is 0 Å². The number of nitrogens with zero attached hydrogens (tertiary/aromatic N) is 2. The fourth-order valence-electron chi connectivity index (χ4n) is 4.57. The van der Waals surface area contributed by atoms with Gasteiger partial charge in [0.05, 0.1) is 0 Å². The van der Waals surface area contributed by atoms with E-state index in [0.717, 1.165) is 18.5 Å². The SMILES string of the molecule is CCC1CCCC1(CN)N(C)C1CCN(CC)CC1. The number of rotatable bonds is 5. The molecule has 19 heavy (non-hydrogen) atoms. The lowest BCUT2D eigenvalue weighted by atomic mass is 9.81. The lowest BCUT2D eigenvalue weighted by molar-refractivity contribution is 0.0142. The van der Waals surface area contributed by atoms with Gasteiger partial charge in [0, 0.05) is 18.1 Å². The highest BCUT2D eigenvalue weighted by Crippen LogP contribution is 2.42. The molecule has 1 aliphatic heterocycles. The Kier molecular flexibility index (Phi) is 5.27. The van der Waals surface area contributed by atoms with Crippen LogP contribution in [0.3, 0.4) is 0 Å². The predicted octanol–water partition coefficient (Wildman–Crippen LogP) is 2.31. The third-order valence-electron chi connectivity index (χ3n) is 6.02. The van der Waals surface area contributed by atoms with Crippen molar-refractivity contribution in [3.63, 3.8) is 0 Å². The van der Waals surface area contributed by atoms with Crippen LogP contribution in [0.4, 0.5) is 0 Å². The summed E-state index contributed by atoms with van der Waals surface area (Å²) < 4.78 is 0. The maximum Gasteiger partial charge on any atom is 0.0359 e. The molecule has 0 aromatic carbocycles. The molecule has 0 amide bonds. The molecule has 2 N–H and O–H groups in total. The number of likely N-dealkylation sites (N-methyl/N-ethyl adjacent to an activating group) is 1. The minimum Gasteiger partial charge on any atom is -0.329 e. The van der Waals surface area contributed by atoms with Crippen molar-refractivity contribution in [3.8, 4) is 0 Å². The van der Waals surface area contributed by atoms with Crippen molar-refractivity contribution < 1.29 is 0 Å². The van der Waals surface area contributed by atoms with E-state index < -0.39 is 0 Å². The molecule has 2 fully saturated rings. The summed E-state index contributed by atoms with van der Waals surface area (Å²) in [6, 6.07) is 0.749. The highest BCUT2D eigenvalue weighted by Gasteiger charge is 2.46. The summed E-state index contributed by atoms with van der Waals surface area (Å²) in [5.74, 6) is 0.812. The molecule has 2 aliphatic rings. The number of likely N-dealkylation sites (tertiary alicyclic amines) is 1. The molecule has 112 valence electrons. The Labute approximate surface area is 119 Å². The zero-order chi connectivity index (χ0) is 13.9. The van der Waals surface area contributed by atoms with E-state index in [0.29, 0.717) is 5.54 Å². The molecule has 3 nitrogen and oxygen atoms in total. The molecule has 0 bridgehead atoms. The number of piperidine rings is 1. The molecule has 0 aromatic rings. The van der Waals surface area contributed by atoms with Crippen molar-refractivity contribution >= 4 is 0 Å². The summed E-state index contributed by atoms with van der Waals surface area (Å²) in [5, 5.41) is 0. The van der Waals surface area contributed by atoms with Crippen LogP contribution in [0.1, 0.15) is 52.4 Å². The van der Waals surface area contributed by atoms with Crippen molar-refractivity contribution in [1.29, 1.82) is 0 Å². The minimum absolute atomic E-state index is 0.299. The van der Waals surface area contributed by atoms with E-state index >= 15 is 0 Å². The Bertz CT molecular complexity index is 273. The Balaban J connectivity index is 2.03. The Morgan fingerprint density at radius 1 is 1.21 bits per heavy atom. The summed E-state index contributed by atoms with van der Waals surface area (Å²) in [7, 11) is 2.35. The van der Waals surface area contributed by atoms with E-state index in [4.69, 9.17) is 5.73 Å². The predicted molar refractivity (Wildman–Crippen MR) is 82.3 cm³/mol. The molecule has 0 aromatic heterocycles. The van der Waals surface area contributed by atoms with Gasteiger partial charge in [0.25, 0.3) is 0 Å². The number of hydrogen-bond donors (Lipinski definition) is 1. The van der Waals surface area contributed by atoms with Gasteiger partial charge in [0.15, 0.2) is 0 Å². The topological polar surface area (TPSA) is 32.5 Å². The van der Waals surface area contributed by atoms with E-state index in [1.54, 1.807) is 0 Å². The first-order valence-electron chi connectivity index (χ1n) is 8.33. The van der Waals surface area contributed by atoms with Crippen LogP contribution in [0.2, 0.25) is 0 Å². The van der Waals surface area contributed by atoms with Gasteiger partial charge in [0.1, 0.15) is 0 Å². The summed E-state index contributed by atoms with van der Waals surface area (Å²) >= 11 is 0. The van der Waals surface area contributed by atoms with Gasteiger partial charge in [-0.05, 0) is 58.3 Å². The molecule has 1 saturated carbocycles. The molecule has 2 atom stereocenters. The average molecular weight is 267 g/mol. The molecular weight excluding hydrogens is 234 g/mol. The highest BCUT2D eigenvalue weighted by molar-refractivity contribution is 5.02. The standard InChI is InChI=1S/C16H33N3/c1-4-14-7-6-10-16(14,13-17)18(3)15-8-11-19(5-2)12-9-15/h14-15H,4-13,17H2,1-3H3. The van der Waals surface area contributed by atoms with E-state index in [-0.39, 0.29) is 0 Å². The average Bonchev–Trinajstić information content (AvgIpc) is 2.90. The van der Waals surface area contributed by atoms with Crippen LogP contribution >= 0.6 is 0 Å². The third kappa shape index (κ3) is 2.84. The second-order valence-corrected chi connectivity index (χ2v) is 6.58. The second-order valence-electron chi connectivity index (χ2n) is 6.58. The van der Waals surface area contributed by atoms with Crippen LogP contribution in [-0.2, 0) is 0 Å².